The molecule has 1 aromatic rings. The van der Waals surface area contributed by atoms with E-state index in [0.717, 1.165) is 25.6 Å². The van der Waals surface area contributed by atoms with Gasteiger partial charge in [0.25, 0.3) is 0 Å². The molecule has 2 heterocycles. The van der Waals surface area contributed by atoms with Crippen molar-refractivity contribution in [2.45, 2.75) is 26.9 Å². The lowest BCUT2D eigenvalue weighted by Crippen LogP contribution is -2.19. The second-order valence-corrected chi connectivity index (χ2v) is 4.24. The molecule has 0 aromatic carbocycles. The number of rotatable bonds is 2. The van der Waals surface area contributed by atoms with Gasteiger partial charge in [0, 0.05) is 38.4 Å². The minimum Gasteiger partial charge on any atom is -0.344 e. The van der Waals surface area contributed by atoms with Crippen LogP contribution in [0.5, 0.6) is 0 Å². The smallest absolute Gasteiger partial charge is 0.225 e. The van der Waals surface area contributed by atoms with Crippen LogP contribution < -0.4 is 4.90 Å². The molecule has 0 saturated heterocycles. The molecule has 0 atom stereocenters. The van der Waals surface area contributed by atoms with Crippen LogP contribution in [0.25, 0.3) is 0 Å². The number of allylic oxidation sites excluding steroid dienone is 1. The van der Waals surface area contributed by atoms with E-state index >= 15 is 0 Å². The summed E-state index contributed by atoms with van der Waals surface area (Å²) in [7, 11) is 4.12. The lowest BCUT2D eigenvalue weighted by atomic mass is 10.3. The first-order chi connectivity index (χ1) is 8.12. The van der Waals surface area contributed by atoms with Gasteiger partial charge in [-0.15, -0.1) is 6.58 Å². The fraction of sp³-hybridized carbons (Fsp3) is 0.538. The van der Waals surface area contributed by atoms with Crippen molar-refractivity contribution in [1.82, 2.24) is 14.9 Å². The molecular formula is C13H22N4. The van der Waals surface area contributed by atoms with E-state index in [1.54, 1.807) is 6.08 Å². The molecule has 1 aliphatic rings. The Morgan fingerprint density at radius 3 is 2.76 bits per heavy atom. The molecule has 0 radical (unpaired) electrons. The van der Waals surface area contributed by atoms with E-state index in [1.807, 2.05) is 20.2 Å². The zero-order valence-electron chi connectivity index (χ0n) is 11.3. The van der Waals surface area contributed by atoms with E-state index < -0.39 is 0 Å². The van der Waals surface area contributed by atoms with Gasteiger partial charge in [-0.3, -0.25) is 4.90 Å². The summed E-state index contributed by atoms with van der Waals surface area (Å²) < 4.78 is 0. The first-order valence-corrected chi connectivity index (χ1v) is 5.93. The number of aromatic nitrogens is 2. The molecule has 17 heavy (non-hydrogen) atoms. The van der Waals surface area contributed by atoms with Gasteiger partial charge in [-0.2, -0.15) is 0 Å². The maximum absolute atomic E-state index is 4.55. The van der Waals surface area contributed by atoms with Crippen LogP contribution in [0.2, 0.25) is 0 Å². The van der Waals surface area contributed by atoms with Gasteiger partial charge in [0.15, 0.2) is 0 Å². The molecule has 0 bridgehead atoms. The zero-order chi connectivity index (χ0) is 12.8. The van der Waals surface area contributed by atoms with Crippen molar-refractivity contribution in [2.24, 2.45) is 0 Å². The molecule has 0 amide bonds. The van der Waals surface area contributed by atoms with Crippen LogP contribution in [0.1, 0.15) is 25.1 Å². The minimum atomic E-state index is 0.835. The Hall–Kier alpha value is -1.42. The molecule has 0 spiro atoms. The van der Waals surface area contributed by atoms with Crippen molar-refractivity contribution < 1.29 is 0 Å². The highest BCUT2D eigenvalue weighted by Gasteiger charge is 2.18. The van der Waals surface area contributed by atoms with E-state index in [4.69, 9.17) is 0 Å². The molecule has 94 valence electrons. The maximum atomic E-state index is 4.55. The van der Waals surface area contributed by atoms with Crippen LogP contribution in [-0.4, -0.2) is 35.5 Å². The highest BCUT2D eigenvalue weighted by Crippen LogP contribution is 2.20. The van der Waals surface area contributed by atoms with E-state index in [2.05, 4.69) is 40.3 Å². The fourth-order valence-electron chi connectivity index (χ4n) is 1.63. The van der Waals surface area contributed by atoms with E-state index in [1.165, 1.54) is 11.3 Å². The number of nitrogens with zero attached hydrogens (tertiary/aromatic N) is 4. The van der Waals surface area contributed by atoms with Crippen LogP contribution in [0, 0.1) is 0 Å². The second kappa shape index (κ2) is 6.35. The first-order valence-electron chi connectivity index (χ1n) is 5.93. The van der Waals surface area contributed by atoms with Crippen LogP contribution >= 0.6 is 0 Å². The number of hydrogen-bond donors (Lipinski definition) is 0. The summed E-state index contributed by atoms with van der Waals surface area (Å²) in [5, 5.41) is 0. The van der Waals surface area contributed by atoms with E-state index in [9.17, 15) is 0 Å². The molecular weight excluding hydrogens is 212 g/mol. The lowest BCUT2D eigenvalue weighted by molar-refractivity contribution is 0.351. The Morgan fingerprint density at radius 1 is 1.53 bits per heavy atom. The molecule has 0 saturated carbocycles. The summed E-state index contributed by atoms with van der Waals surface area (Å²) in [4.78, 5) is 13.2. The number of anilines is 1. The molecule has 4 nitrogen and oxygen atoms in total. The van der Waals surface area contributed by atoms with Crippen molar-refractivity contribution in [3.63, 3.8) is 0 Å². The van der Waals surface area contributed by atoms with Crippen molar-refractivity contribution in [2.75, 3.05) is 25.5 Å². The van der Waals surface area contributed by atoms with Gasteiger partial charge in [-0.25, -0.2) is 9.97 Å². The first kappa shape index (κ1) is 13.6. The predicted octanol–water partition coefficient (Wildman–Crippen LogP) is 2.07. The minimum absolute atomic E-state index is 0.835. The van der Waals surface area contributed by atoms with Crippen LogP contribution in [0.4, 0.5) is 5.95 Å². The van der Waals surface area contributed by atoms with Gasteiger partial charge in [0.05, 0.1) is 5.69 Å². The van der Waals surface area contributed by atoms with Crippen LogP contribution in [-0.2, 0) is 13.1 Å². The topological polar surface area (TPSA) is 32.3 Å². The fourth-order valence-corrected chi connectivity index (χ4v) is 1.63. The molecule has 4 heteroatoms. The summed E-state index contributed by atoms with van der Waals surface area (Å²) in [6, 6.07) is 0. The molecule has 0 N–H and O–H groups in total. The van der Waals surface area contributed by atoms with Crippen molar-refractivity contribution >= 4 is 5.95 Å². The average Bonchev–Trinajstić information content (AvgIpc) is 2.68. The predicted molar refractivity (Wildman–Crippen MR) is 72.0 cm³/mol. The van der Waals surface area contributed by atoms with Gasteiger partial charge in [-0.05, 0) is 20.9 Å². The Kier molecular flexibility index (Phi) is 5.10. The monoisotopic (exact) mass is 234 g/mol. The number of fused-ring (bicyclic) bond motifs is 1. The molecule has 1 aromatic heterocycles. The third-order valence-electron chi connectivity index (χ3n) is 2.62. The van der Waals surface area contributed by atoms with Gasteiger partial charge >= 0.3 is 0 Å². The quantitative estimate of drug-likeness (QED) is 0.733. The molecule has 0 aliphatic carbocycles. The van der Waals surface area contributed by atoms with Crippen molar-refractivity contribution in [1.29, 1.82) is 0 Å². The number of hydrogen-bond acceptors (Lipinski definition) is 4. The average molecular weight is 234 g/mol. The summed E-state index contributed by atoms with van der Waals surface area (Å²) in [5.74, 6) is 0.835. The van der Waals surface area contributed by atoms with E-state index in [-0.39, 0.29) is 0 Å². The Labute approximate surface area is 104 Å². The Morgan fingerprint density at radius 2 is 2.18 bits per heavy atom. The third kappa shape index (κ3) is 3.53. The lowest BCUT2D eigenvalue weighted by Gasteiger charge is -2.14. The summed E-state index contributed by atoms with van der Waals surface area (Å²) in [6.45, 7) is 10.2. The van der Waals surface area contributed by atoms with Crippen LogP contribution in [0.3, 0.4) is 0 Å². The molecule has 2 rings (SSSR count). The van der Waals surface area contributed by atoms with Gasteiger partial charge < -0.3 is 4.90 Å². The van der Waals surface area contributed by atoms with Gasteiger partial charge in [0.2, 0.25) is 5.95 Å². The van der Waals surface area contributed by atoms with Gasteiger partial charge in [0.1, 0.15) is 0 Å². The molecule has 1 aliphatic heterocycles. The summed E-state index contributed by atoms with van der Waals surface area (Å²) in [5.41, 5.74) is 2.44. The Bertz CT molecular complexity index is 376. The summed E-state index contributed by atoms with van der Waals surface area (Å²) in [6.07, 6.45) is 3.70. The van der Waals surface area contributed by atoms with Crippen molar-refractivity contribution in [3.05, 3.63) is 30.1 Å². The maximum Gasteiger partial charge on any atom is 0.225 e. The van der Waals surface area contributed by atoms with Crippen LogP contribution in [0.15, 0.2) is 18.9 Å². The SMILES string of the molecule is C=CC.CCN(C)c1ncc2c(n1)CN(C)C2. The Balaban J connectivity index is 0.000000437. The highest BCUT2D eigenvalue weighted by atomic mass is 15.2. The van der Waals surface area contributed by atoms with Crippen molar-refractivity contribution in [3.8, 4) is 0 Å². The molecule has 0 unspecified atom stereocenters. The second-order valence-electron chi connectivity index (χ2n) is 4.24. The largest absolute Gasteiger partial charge is 0.344 e. The summed E-state index contributed by atoms with van der Waals surface area (Å²) >= 11 is 0. The highest BCUT2D eigenvalue weighted by molar-refractivity contribution is 5.33. The normalized spacial score (nSPS) is 13.6. The third-order valence-corrected chi connectivity index (χ3v) is 2.62. The van der Waals surface area contributed by atoms with Gasteiger partial charge in [-0.1, -0.05) is 6.08 Å². The van der Waals surface area contributed by atoms with E-state index in [0.29, 0.717) is 0 Å². The standard InChI is InChI=1S/C10H16N4.C3H6/c1-4-14(3)10-11-5-8-6-13(2)7-9(8)12-10;1-3-2/h5H,4,6-7H2,1-3H3;3H,1H2,2H3. The zero-order valence-corrected chi connectivity index (χ0v) is 11.3. The molecule has 0 fully saturated rings.